The van der Waals surface area contributed by atoms with Crippen molar-refractivity contribution in [3.63, 3.8) is 0 Å². The molecule has 13 rings (SSSR count). The number of ether oxygens (including phenoxy) is 4. The molecule has 96 heavy (non-hydrogen) atoms. The van der Waals surface area contributed by atoms with Crippen LogP contribution in [0.4, 0.5) is 0 Å². The maximum Gasteiger partial charge on any atom is 0.262 e. The molecule has 16 nitrogen and oxygen atoms in total. The number of hydrogen-bond acceptors (Lipinski definition) is 12. The first kappa shape index (κ1) is 65.3. The van der Waals surface area contributed by atoms with Gasteiger partial charge in [0.15, 0.2) is 0 Å². The Morgan fingerprint density at radius 2 is 0.583 bits per heavy atom. The Morgan fingerprint density at radius 1 is 0.344 bits per heavy atom. The zero-order valence-corrected chi connectivity index (χ0v) is 57.0. The fourth-order valence-corrected chi connectivity index (χ4v) is 14.7. The maximum absolute atomic E-state index is 16.1. The van der Waals surface area contributed by atoms with Gasteiger partial charge in [0.2, 0.25) is 11.8 Å². The lowest BCUT2D eigenvalue weighted by Crippen LogP contribution is -2.57. The van der Waals surface area contributed by atoms with Gasteiger partial charge in [-0.3, -0.25) is 38.6 Å². The zero-order chi connectivity index (χ0) is 68.0. The molecule has 0 bridgehead atoms. The fourth-order valence-electron chi connectivity index (χ4n) is 14.7. The molecule has 16 heteroatoms. The third-order valence-electron chi connectivity index (χ3n) is 20.2. The summed E-state index contributed by atoms with van der Waals surface area (Å²) in [6.45, 7) is 24.4. The average molecular weight is 1290 g/mol. The molecule has 0 saturated carbocycles. The number of imide groups is 2. The molecule has 4 heterocycles. The van der Waals surface area contributed by atoms with E-state index >= 15 is 19.2 Å². The molecule has 2 unspecified atom stereocenters. The van der Waals surface area contributed by atoms with Crippen LogP contribution in [0.5, 0.6) is 46.0 Å². The SMILES string of the molecule is Cc1cc(C(C)C)ccc1Oc1cc2c3c(cc(Oc4ccc(C(C)C)cc4C)c4c5c(Oc6ccc(C(C)C)cc6C)cc6c7c(cc(Oc8ccc(C(C)C)cc8C)c(c1c34)c75)C(=O)N(C(CO)C(=O)N1CCCCC1)C6=O)C(=O)N(C(CO)C(=O)N1CCCCC1)C2=O. The minimum absolute atomic E-state index is 0.0152. The van der Waals surface area contributed by atoms with Gasteiger partial charge in [-0.05, 0) is 183 Å². The molecule has 4 aliphatic heterocycles. The quantitative estimate of drug-likeness (QED) is 0.0470. The van der Waals surface area contributed by atoms with E-state index < -0.39 is 60.7 Å². The van der Waals surface area contributed by atoms with Crippen LogP contribution in [0, 0.1) is 27.7 Å². The Labute approximate surface area is 560 Å². The molecule has 496 valence electrons. The average Bonchev–Trinajstić information content (AvgIpc) is 0.671. The lowest BCUT2D eigenvalue weighted by Gasteiger charge is -2.37. The third kappa shape index (κ3) is 11.1. The first-order valence-electron chi connectivity index (χ1n) is 34.0. The van der Waals surface area contributed by atoms with Crippen molar-refractivity contribution in [2.24, 2.45) is 0 Å². The number of fused-ring (bicyclic) bond motifs is 2. The van der Waals surface area contributed by atoms with E-state index in [-0.39, 0.29) is 79.7 Å². The molecule has 0 aliphatic carbocycles. The van der Waals surface area contributed by atoms with Crippen molar-refractivity contribution in [2.45, 2.75) is 157 Å². The topological polar surface area (TPSA) is 193 Å². The first-order chi connectivity index (χ1) is 46.0. The molecule has 9 aromatic carbocycles. The van der Waals surface area contributed by atoms with E-state index in [1.807, 2.05) is 100 Å². The molecule has 6 amide bonds. The maximum atomic E-state index is 16.1. The van der Waals surface area contributed by atoms with Crippen molar-refractivity contribution in [1.29, 1.82) is 0 Å². The number of benzene rings is 9. The molecule has 4 aliphatic rings. The lowest BCUT2D eigenvalue weighted by atomic mass is 9.80. The summed E-state index contributed by atoms with van der Waals surface area (Å²) in [4.78, 5) is 99.2. The van der Waals surface area contributed by atoms with E-state index in [1.54, 1.807) is 34.1 Å². The predicted molar refractivity (Wildman–Crippen MR) is 373 cm³/mol. The highest BCUT2D eigenvalue weighted by Gasteiger charge is 2.47. The highest BCUT2D eigenvalue weighted by molar-refractivity contribution is 6.45. The van der Waals surface area contributed by atoms with Crippen LogP contribution in [-0.2, 0) is 9.59 Å². The number of nitrogens with zero attached hydrogens (tertiary/aromatic N) is 4. The van der Waals surface area contributed by atoms with Crippen LogP contribution < -0.4 is 18.9 Å². The number of aryl methyl sites for hydroxylation is 4. The summed E-state index contributed by atoms with van der Waals surface area (Å²) in [7, 11) is 0. The largest absolute Gasteiger partial charge is 0.456 e. The van der Waals surface area contributed by atoms with Crippen LogP contribution in [-0.4, -0.2) is 117 Å². The van der Waals surface area contributed by atoms with Gasteiger partial charge in [0.05, 0.1) is 35.5 Å². The summed E-state index contributed by atoms with van der Waals surface area (Å²) in [5, 5.41) is 24.9. The Kier molecular flexibility index (Phi) is 17.4. The number of amides is 6. The highest BCUT2D eigenvalue weighted by Crippen LogP contribution is 2.59. The van der Waals surface area contributed by atoms with Gasteiger partial charge in [-0.2, -0.15) is 0 Å². The number of piperidine rings is 2. The zero-order valence-electron chi connectivity index (χ0n) is 57.0. The Bertz CT molecular complexity index is 4160. The summed E-state index contributed by atoms with van der Waals surface area (Å²) in [5.41, 5.74) is 7.15. The monoisotopic (exact) mass is 1290 g/mol. The van der Waals surface area contributed by atoms with E-state index in [1.165, 1.54) is 0 Å². The van der Waals surface area contributed by atoms with Crippen molar-refractivity contribution in [2.75, 3.05) is 39.4 Å². The van der Waals surface area contributed by atoms with Gasteiger partial charge < -0.3 is 39.0 Å². The molecular weight excluding hydrogens is 1210 g/mol. The summed E-state index contributed by atoms with van der Waals surface area (Å²) in [6, 6.07) is 26.7. The predicted octanol–water partition coefficient (Wildman–Crippen LogP) is 16.6. The summed E-state index contributed by atoms with van der Waals surface area (Å²) >= 11 is 0. The smallest absolute Gasteiger partial charge is 0.262 e. The molecule has 2 N–H and O–H groups in total. The molecule has 0 aromatic heterocycles. The Hall–Kier alpha value is -9.38. The van der Waals surface area contributed by atoms with E-state index in [2.05, 4.69) is 55.4 Å². The number of carbonyl (C=O) groups is 6. The Balaban J connectivity index is 1.23. The number of likely N-dealkylation sites (tertiary alicyclic amines) is 2. The van der Waals surface area contributed by atoms with Gasteiger partial charge in [0.1, 0.15) is 58.1 Å². The van der Waals surface area contributed by atoms with Crippen molar-refractivity contribution < 1.29 is 57.9 Å². The van der Waals surface area contributed by atoms with Gasteiger partial charge in [-0.25, -0.2) is 0 Å². The fraction of sp³-hybridized carbons (Fsp3) is 0.375. The van der Waals surface area contributed by atoms with Crippen LogP contribution >= 0.6 is 0 Å². The van der Waals surface area contributed by atoms with Crippen LogP contribution in [0.15, 0.2) is 97.1 Å². The minimum Gasteiger partial charge on any atom is -0.456 e. The van der Waals surface area contributed by atoms with Gasteiger partial charge in [0, 0.05) is 69.3 Å². The van der Waals surface area contributed by atoms with E-state index in [0.29, 0.717) is 81.5 Å². The normalized spacial score (nSPS) is 15.9. The lowest BCUT2D eigenvalue weighted by molar-refractivity contribution is -0.138. The number of aliphatic hydroxyl groups excluding tert-OH is 2. The second-order valence-corrected chi connectivity index (χ2v) is 27.9. The first-order valence-corrected chi connectivity index (χ1v) is 34.0. The van der Waals surface area contributed by atoms with E-state index in [4.69, 9.17) is 18.9 Å². The van der Waals surface area contributed by atoms with Gasteiger partial charge in [-0.1, -0.05) is 104 Å². The molecule has 9 aromatic rings. The summed E-state index contributed by atoms with van der Waals surface area (Å²) in [5.74, 6) is -1.85. The molecule has 2 fully saturated rings. The minimum atomic E-state index is -1.60. The standard InChI is InChI=1S/C80H84N4O12/c1-41(2)49-19-23-59(45(9)31-49)93-63-35-53-67-54(76(88)83(75(53)87)57(39-85)79(91)81-27-15-13-16-28-81)37-65(95-61-25-21-51(43(5)6)33-47(61)11)71-72-66(96-62-26-22-52(44(7)8)34-48(62)12)38-56-68-55(77(89)84(78(56)90)58(40-86)80(92)82-29-17-14-18-30-82)36-64(70(74(68)72)69(63)73(67)71)94-60-24-20-50(42(3)4)32-46(60)10/h19-26,31-38,41-44,57-58,85-86H,13-18,27-30,39-40H2,1-12H3. The molecule has 2 saturated heterocycles. The summed E-state index contributed by atoms with van der Waals surface area (Å²) in [6.07, 6.45) is 4.69. The molecular formula is C80H84N4O12. The van der Waals surface area contributed by atoms with E-state index in [9.17, 15) is 19.8 Å². The van der Waals surface area contributed by atoms with Crippen LogP contribution in [0.25, 0.3) is 43.1 Å². The number of hydrogen-bond donors (Lipinski definition) is 2. The third-order valence-corrected chi connectivity index (χ3v) is 20.2. The number of aliphatic hydroxyl groups is 2. The van der Waals surface area contributed by atoms with Gasteiger partial charge in [-0.15, -0.1) is 0 Å². The van der Waals surface area contributed by atoms with E-state index in [0.717, 1.165) is 92.8 Å². The van der Waals surface area contributed by atoms with Gasteiger partial charge >= 0.3 is 0 Å². The Morgan fingerprint density at radius 3 is 0.792 bits per heavy atom. The van der Waals surface area contributed by atoms with Crippen molar-refractivity contribution in [3.8, 4) is 46.0 Å². The second-order valence-electron chi connectivity index (χ2n) is 27.9. The highest BCUT2D eigenvalue weighted by atomic mass is 16.5. The number of rotatable bonds is 18. The number of carbonyl (C=O) groups excluding carboxylic acids is 6. The van der Waals surface area contributed by atoms with Crippen LogP contribution in [0.3, 0.4) is 0 Å². The van der Waals surface area contributed by atoms with Crippen LogP contribution in [0.2, 0.25) is 0 Å². The second kappa shape index (κ2) is 25.6. The van der Waals surface area contributed by atoms with Gasteiger partial charge in [0.25, 0.3) is 23.6 Å². The molecule has 0 spiro atoms. The van der Waals surface area contributed by atoms with Crippen LogP contribution in [0.1, 0.15) is 204 Å². The van der Waals surface area contributed by atoms with Crippen molar-refractivity contribution in [1.82, 2.24) is 19.6 Å². The molecule has 0 radical (unpaired) electrons. The van der Waals surface area contributed by atoms with Crippen molar-refractivity contribution >= 4 is 78.5 Å². The summed E-state index contributed by atoms with van der Waals surface area (Å²) < 4.78 is 29.5. The molecule has 2 atom stereocenters. The van der Waals surface area contributed by atoms with Crippen molar-refractivity contribution in [3.05, 3.63) is 164 Å².